The van der Waals surface area contributed by atoms with Gasteiger partial charge < -0.3 is 5.73 Å². The molecule has 0 bridgehead atoms. The van der Waals surface area contributed by atoms with E-state index in [1.165, 1.54) is 0 Å². The highest BCUT2D eigenvalue weighted by Gasteiger charge is 2.17. The van der Waals surface area contributed by atoms with Crippen LogP contribution >= 0.6 is 34.5 Å². The van der Waals surface area contributed by atoms with Gasteiger partial charge in [0.1, 0.15) is 5.82 Å². The molecule has 7 heteroatoms. The zero-order valence-electron chi connectivity index (χ0n) is 12.8. The summed E-state index contributed by atoms with van der Waals surface area (Å²) in [7, 11) is 0. The Balaban J connectivity index is 1.93. The topological polar surface area (TPSA) is 67.6 Å². The minimum absolute atomic E-state index is 0.486. The third-order valence-corrected chi connectivity index (χ3v) is 5.53. The monoisotopic (exact) mass is 386 g/mol. The van der Waals surface area contributed by atoms with Crippen molar-refractivity contribution in [3.8, 4) is 32.1 Å². The molecule has 3 aromatic heterocycles. The summed E-state index contributed by atoms with van der Waals surface area (Å²) in [5.41, 5.74) is 9.70. The zero-order valence-corrected chi connectivity index (χ0v) is 15.2. The molecule has 0 saturated heterocycles. The summed E-state index contributed by atoms with van der Waals surface area (Å²) >= 11 is 14.1. The van der Waals surface area contributed by atoms with Crippen molar-refractivity contribution in [3.63, 3.8) is 0 Å². The van der Waals surface area contributed by atoms with E-state index in [0.717, 1.165) is 32.1 Å². The maximum atomic E-state index is 6.44. The number of thiophene rings is 1. The quantitative estimate of drug-likeness (QED) is 0.470. The normalized spacial score (nSPS) is 11.0. The van der Waals surface area contributed by atoms with Crippen LogP contribution in [0.5, 0.6) is 0 Å². The minimum atomic E-state index is 0.486. The first-order chi connectivity index (χ1) is 12.1. The van der Waals surface area contributed by atoms with Crippen LogP contribution in [0.15, 0.2) is 54.9 Å². The number of nitrogen functional groups attached to an aromatic ring is 1. The second kappa shape index (κ2) is 6.52. The Bertz CT molecular complexity index is 1040. The van der Waals surface area contributed by atoms with E-state index in [4.69, 9.17) is 28.9 Å². The van der Waals surface area contributed by atoms with Gasteiger partial charge >= 0.3 is 0 Å². The molecule has 0 fully saturated rings. The lowest BCUT2D eigenvalue weighted by atomic mass is 10.0. The SMILES string of the molecule is Nc1cc(-c2cc(-c3ccc(Cl)cc3Cl)c(-c3ccn[nH]3)s2)ccn1. The number of H-pyrrole nitrogens is 1. The number of rotatable bonds is 3. The van der Waals surface area contributed by atoms with Gasteiger partial charge in [0.15, 0.2) is 0 Å². The van der Waals surface area contributed by atoms with Gasteiger partial charge in [-0.25, -0.2) is 4.98 Å². The first-order valence-corrected chi connectivity index (χ1v) is 9.00. The third kappa shape index (κ3) is 3.14. The molecule has 0 spiro atoms. The van der Waals surface area contributed by atoms with Crippen molar-refractivity contribution in [2.75, 3.05) is 5.73 Å². The highest BCUT2D eigenvalue weighted by Crippen LogP contribution is 2.45. The molecule has 3 N–H and O–H groups in total. The smallest absolute Gasteiger partial charge is 0.123 e. The van der Waals surface area contributed by atoms with Gasteiger partial charge in [-0.2, -0.15) is 5.10 Å². The number of hydrogen-bond acceptors (Lipinski definition) is 4. The lowest BCUT2D eigenvalue weighted by Crippen LogP contribution is -1.88. The van der Waals surface area contributed by atoms with Crippen molar-refractivity contribution in [3.05, 3.63) is 64.9 Å². The van der Waals surface area contributed by atoms with Crippen molar-refractivity contribution in [1.29, 1.82) is 0 Å². The van der Waals surface area contributed by atoms with E-state index in [1.807, 2.05) is 30.3 Å². The molecule has 0 amide bonds. The molecule has 3 heterocycles. The summed E-state index contributed by atoms with van der Waals surface area (Å²) in [5, 5.41) is 8.30. The summed E-state index contributed by atoms with van der Waals surface area (Å²) in [6, 6.07) is 13.3. The van der Waals surface area contributed by atoms with Crippen molar-refractivity contribution in [2.24, 2.45) is 0 Å². The molecule has 4 nitrogen and oxygen atoms in total. The molecule has 25 heavy (non-hydrogen) atoms. The fourth-order valence-electron chi connectivity index (χ4n) is 2.63. The number of nitrogens with two attached hydrogens (primary N) is 1. The van der Waals surface area contributed by atoms with E-state index < -0.39 is 0 Å². The predicted octanol–water partition coefficient (Wildman–Crippen LogP) is 5.76. The van der Waals surface area contributed by atoms with E-state index in [9.17, 15) is 0 Å². The van der Waals surface area contributed by atoms with E-state index in [1.54, 1.807) is 29.8 Å². The Labute approximate surface area is 158 Å². The molecule has 0 unspecified atom stereocenters. The maximum Gasteiger partial charge on any atom is 0.123 e. The maximum absolute atomic E-state index is 6.44. The van der Waals surface area contributed by atoms with Gasteiger partial charge in [0.05, 0.1) is 10.6 Å². The standard InChI is InChI=1S/C18H12Cl2N4S/c19-11-1-2-12(14(20)8-11)13-9-16(10-3-5-22-17(21)7-10)25-18(13)15-4-6-23-24-15/h1-9H,(H2,21,22)(H,23,24). The number of nitrogens with zero attached hydrogens (tertiary/aromatic N) is 2. The fraction of sp³-hybridized carbons (Fsp3) is 0. The van der Waals surface area contributed by atoms with Crippen molar-refractivity contribution < 1.29 is 0 Å². The molecule has 4 rings (SSSR count). The van der Waals surface area contributed by atoms with Crippen LogP contribution in [0.3, 0.4) is 0 Å². The summed E-state index contributed by atoms with van der Waals surface area (Å²) in [4.78, 5) is 6.17. The van der Waals surface area contributed by atoms with Gasteiger partial charge in [-0.15, -0.1) is 11.3 Å². The zero-order chi connectivity index (χ0) is 17.4. The van der Waals surface area contributed by atoms with Gasteiger partial charge in [-0.1, -0.05) is 29.3 Å². The Morgan fingerprint density at radius 1 is 0.960 bits per heavy atom. The number of hydrogen-bond donors (Lipinski definition) is 2. The number of benzene rings is 1. The molecule has 0 aliphatic rings. The van der Waals surface area contributed by atoms with Gasteiger partial charge in [-0.3, -0.25) is 5.10 Å². The number of halogens is 2. The third-order valence-electron chi connectivity index (χ3n) is 3.76. The molecule has 0 saturated carbocycles. The van der Waals surface area contributed by atoms with Gasteiger partial charge in [-0.05, 0) is 42.0 Å². The van der Waals surface area contributed by atoms with Crippen LogP contribution in [0.1, 0.15) is 0 Å². The van der Waals surface area contributed by atoms with Gasteiger partial charge in [0.25, 0.3) is 0 Å². The fourth-order valence-corrected chi connectivity index (χ4v) is 4.28. The van der Waals surface area contributed by atoms with Gasteiger partial charge in [0.2, 0.25) is 0 Å². The second-order valence-electron chi connectivity index (χ2n) is 5.42. The molecule has 0 aliphatic carbocycles. The Kier molecular flexibility index (Phi) is 4.21. The minimum Gasteiger partial charge on any atom is -0.384 e. The van der Waals surface area contributed by atoms with Crippen molar-refractivity contribution in [2.45, 2.75) is 0 Å². The lowest BCUT2D eigenvalue weighted by Gasteiger charge is -2.05. The van der Waals surface area contributed by atoms with Crippen molar-refractivity contribution >= 4 is 40.4 Å². The van der Waals surface area contributed by atoms with Crippen LogP contribution in [0, 0.1) is 0 Å². The van der Waals surface area contributed by atoms with E-state index in [0.29, 0.717) is 15.9 Å². The summed E-state index contributed by atoms with van der Waals surface area (Å²) in [5.74, 6) is 0.486. The number of aromatic nitrogens is 3. The highest BCUT2D eigenvalue weighted by molar-refractivity contribution is 7.19. The van der Waals surface area contributed by atoms with E-state index in [-0.39, 0.29) is 0 Å². The molecule has 0 radical (unpaired) electrons. The number of anilines is 1. The Morgan fingerprint density at radius 2 is 1.84 bits per heavy atom. The first-order valence-electron chi connectivity index (χ1n) is 7.43. The second-order valence-corrected chi connectivity index (χ2v) is 7.31. The first kappa shape index (κ1) is 16.1. The van der Waals surface area contributed by atoms with Crippen LogP contribution in [0.4, 0.5) is 5.82 Å². The largest absolute Gasteiger partial charge is 0.384 e. The highest BCUT2D eigenvalue weighted by atomic mass is 35.5. The van der Waals surface area contributed by atoms with Crippen LogP contribution in [-0.2, 0) is 0 Å². The van der Waals surface area contributed by atoms with Crippen LogP contribution in [-0.4, -0.2) is 15.2 Å². The molecule has 0 atom stereocenters. The number of nitrogens with one attached hydrogen (secondary N) is 1. The molecule has 4 aromatic rings. The molecule has 1 aromatic carbocycles. The van der Waals surface area contributed by atoms with Crippen LogP contribution in [0.2, 0.25) is 10.0 Å². The average molecular weight is 387 g/mol. The van der Waals surface area contributed by atoms with Crippen LogP contribution in [0.25, 0.3) is 32.1 Å². The summed E-state index contributed by atoms with van der Waals surface area (Å²) < 4.78 is 0. The van der Waals surface area contributed by atoms with Gasteiger partial charge in [0, 0.05) is 38.4 Å². The molecule has 0 aliphatic heterocycles. The lowest BCUT2D eigenvalue weighted by molar-refractivity contribution is 1.10. The van der Waals surface area contributed by atoms with E-state index in [2.05, 4.69) is 21.2 Å². The van der Waals surface area contributed by atoms with Crippen molar-refractivity contribution in [1.82, 2.24) is 15.2 Å². The van der Waals surface area contributed by atoms with Crippen LogP contribution < -0.4 is 5.73 Å². The molecular weight excluding hydrogens is 375 g/mol. The summed E-state index contributed by atoms with van der Waals surface area (Å²) in [6.07, 6.45) is 3.43. The Hall–Kier alpha value is -2.34. The van der Waals surface area contributed by atoms with E-state index >= 15 is 0 Å². The molecule has 124 valence electrons. The summed E-state index contributed by atoms with van der Waals surface area (Å²) in [6.45, 7) is 0. The molecular formula is C18H12Cl2N4S. The number of aromatic amines is 1. The number of pyridine rings is 1. The average Bonchev–Trinajstić information content (AvgIpc) is 3.24. The predicted molar refractivity (Wildman–Crippen MR) is 105 cm³/mol. The Morgan fingerprint density at radius 3 is 2.56 bits per heavy atom.